The van der Waals surface area contributed by atoms with Gasteiger partial charge in [-0.05, 0) is 20.8 Å². The van der Waals surface area contributed by atoms with Gasteiger partial charge in [0.2, 0.25) is 0 Å². The SMILES string of the molecule is CC(C)(C)OC(=O)NC1=N[N]C=C1. The molecular weight excluding hydrogens is 170 g/mol. The molecule has 13 heavy (non-hydrogen) atoms. The zero-order valence-corrected chi connectivity index (χ0v) is 7.87. The summed E-state index contributed by atoms with van der Waals surface area (Å²) in [6.07, 6.45) is 2.56. The third kappa shape index (κ3) is 3.59. The fourth-order valence-electron chi connectivity index (χ4n) is 0.708. The second kappa shape index (κ2) is 3.47. The van der Waals surface area contributed by atoms with Crippen molar-refractivity contribution in [1.29, 1.82) is 0 Å². The molecule has 0 unspecified atom stereocenters. The maximum atomic E-state index is 11.1. The molecule has 5 heteroatoms. The van der Waals surface area contributed by atoms with Gasteiger partial charge in [0.25, 0.3) is 0 Å². The van der Waals surface area contributed by atoms with Gasteiger partial charge >= 0.3 is 6.09 Å². The fourth-order valence-corrected chi connectivity index (χ4v) is 0.708. The maximum absolute atomic E-state index is 11.1. The number of alkyl carbamates (subject to hydrolysis) is 1. The molecule has 0 bridgehead atoms. The first-order valence-electron chi connectivity index (χ1n) is 3.92. The lowest BCUT2D eigenvalue weighted by Crippen LogP contribution is -2.35. The summed E-state index contributed by atoms with van der Waals surface area (Å²) >= 11 is 0. The molecule has 1 amide bonds. The highest BCUT2D eigenvalue weighted by molar-refractivity contribution is 6.03. The Kier molecular flexibility index (Phi) is 2.55. The maximum Gasteiger partial charge on any atom is 0.413 e. The number of nitrogens with zero attached hydrogens (tertiary/aromatic N) is 2. The van der Waals surface area contributed by atoms with Gasteiger partial charge in [0.1, 0.15) is 5.60 Å². The zero-order valence-electron chi connectivity index (χ0n) is 7.87. The highest BCUT2D eigenvalue weighted by atomic mass is 16.6. The topological polar surface area (TPSA) is 64.8 Å². The smallest absolute Gasteiger partial charge is 0.413 e. The summed E-state index contributed by atoms with van der Waals surface area (Å²) in [5.41, 5.74) is 3.06. The molecular formula is C8H12N3O2. The summed E-state index contributed by atoms with van der Waals surface area (Å²) in [6.45, 7) is 5.38. The summed E-state index contributed by atoms with van der Waals surface area (Å²) < 4.78 is 4.99. The number of hydrogen-bond acceptors (Lipinski definition) is 3. The van der Waals surface area contributed by atoms with Crippen molar-refractivity contribution in [3.63, 3.8) is 0 Å². The van der Waals surface area contributed by atoms with Crippen molar-refractivity contribution in [2.45, 2.75) is 26.4 Å². The standard InChI is InChI=1S/C8H12N3O2/c1-8(2,3)13-7(12)10-6-4-5-9-11-6/h4-5H,1-3H3,(H,10,11,12). The van der Waals surface area contributed by atoms with E-state index in [1.807, 2.05) is 0 Å². The van der Waals surface area contributed by atoms with Crippen molar-refractivity contribution in [1.82, 2.24) is 10.7 Å². The van der Waals surface area contributed by atoms with Crippen LogP contribution in [0.5, 0.6) is 0 Å². The van der Waals surface area contributed by atoms with Crippen molar-refractivity contribution in [2.75, 3.05) is 0 Å². The average molecular weight is 182 g/mol. The van der Waals surface area contributed by atoms with Crippen LogP contribution in [0.1, 0.15) is 20.8 Å². The van der Waals surface area contributed by atoms with Crippen molar-refractivity contribution in [3.05, 3.63) is 12.3 Å². The quantitative estimate of drug-likeness (QED) is 0.606. The minimum atomic E-state index is -0.520. The van der Waals surface area contributed by atoms with Crippen LogP contribution >= 0.6 is 0 Å². The van der Waals surface area contributed by atoms with Crippen LogP contribution in [0.4, 0.5) is 4.79 Å². The summed E-state index contributed by atoms with van der Waals surface area (Å²) in [4.78, 5) is 11.1. The third-order valence-electron chi connectivity index (χ3n) is 1.09. The Labute approximate surface area is 76.8 Å². The van der Waals surface area contributed by atoms with E-state index in [0.29, 0.717) is 5.84 Å². The van der Waals surface area contributed by atoms with E-state index in [2.05, 4.69) is 15.8 Å². The Hall–Kier alpha value is -1.52. The number of rotatable bonds is 0. The molecule has 0 saturated heterocycles. The van der Waals surface area contributed by atoms with Crippen LogP contribution in [-0.4, -0.2) is 17.5 Å². The Balaban J connectivity index is 2.38. The second-order valence-corrected chi connectivity index (χ2v) is 3.54. The summed E-state index contributed by atoms with van der Waals surface area (Å²) in [6, 6.07) is 0. The van der Waals surface area contributed by atoms with Gasteiger partial charge in [-0.2, -0.15) is 5.43 Å². The van der Waals surface area contributed by atoms with E-state index < -0.39 is 11.7 Å². The lowest BCUT2D eigenvalue weighted by atomic mass is 10.2. The Bertz CT molecular complexity index is 263. The molecule has 1 aliphatic rings. The molecule has 0 saturated carbocycles. The van der Waals surface area contributed by atoms with E-state index in [4.69, 9.17) is 4.74 Å². The van der Waals surface area contributed by atoms with E-state index in [1.54, 1.807) is 26.8 Å². The number of amides is 1. The first-order chi connectivity index (χ1) is 5.97. The predicted octanol–water partition coefficient (Wildman–Crippen LogP) is 0.956. The zero-order chi connectivity index (χ0) is 9.90. The summed E-state index contributed by atoms with van der Waals surface area (Å²) in [5, 5.41) is 6.07. The minimum absolute atomic E-state index is 0.397. The normalized spacial score (nSPS) is 14.8. The van der Waals surface area contributed by atoms with Crippen LogP contribution < -0.4 is 10.7 Å². The van der Waals surface area contributed by atoms with Crippen molar-refractivity contribution in [3.8, 4) is 0 Å². The van der Waals surface area contributed by atoms with E-state index in [0.717, 1.165) is 0 Å². The molecule has 1 heterocycles. The fraction of sp³-hybridized carbons (Fsp3) is 0.500. The number of ether oxygens (including phenoxy) is 1. The molecule has 0 aromatic rings. The lowest BCUT2D eigenvalue weighted by molar-refractivity contribution is 0.0563. The van der Waals surface area contributed by atoms with Crippen LogP contribution in [0.3, 0.4) is 0 Å². The largest absolute Gasteiger partial charge is 0.444 e. The molecule has 5 nitrogen and oxygen atoms in total. The third-order valence-corrected chi connectivity index (χ3v) is 1.09. The highest BCUT2D eigenvalue weighted by Gasteiger charge is 2.17. The molecule has 1 N–H and O–H groups in total. The van der Waals surface area contributed by atoms with Crippen LogP contribution in [0, 0.1) is 0 Å². The van der Waals surface area contributed by atoms with E-state index in [1.165, 1.54) is 6.20 Å². The number of nitrogens with one attached hydrogen (secondary N) is 1. The minimum Gasteiger partial charge on any atom is -0.444 e. The first-order valence-corrected chi connectivity index (χ1v) is 3.92. The molecule has 0 fully saturated rings. The van der Waals surface area contributed by atoms with Crippen molar-refractivity contribution in [2.24, 2.45) is 5.10 Å². The molecule has 0 spiro atoms. The molecule has 0 aromatic heterocycles. The van der Waals surface area contributed by atoms with E-state index in [-0.39, 0.29) is 0 Å². The molecule has 1 aliphatic heterocycles. The molecule has 71 valence electrons. The molecule has 0 aromatic carbocycles. The van der Waals surface area contributed by atoms with Crippen molar-refractivity contribution < 1.29 is 9.53 Å². The number of carbonyl (C=O) groups excluding carboxylic acids is 1. The first kappa shape index (κ1) is 9.57. The Morgan fingerprint density at radius 2 is 2.23 bits per heavy atom. The Morgan fingerprint density at radius 3 is 2.69 bits per heavy atom. The molecule has 0 atom stereocenters. The summed E-state index contributed by atoms with van der Waals surface area (Å²) in [7, 11) is 0. The van der Waals surface area contributed by atoms with Gasteiger partial charge in [0.15, 0.2) is 5.84 Å². The molecule has 1 rings (SSSR count). The van der Waals surface area contributed by atoms with E-state index in [9.17, 15) is 4.79 Å². The lowest BCUT2D eigenvalue weighted by Gasteiger charge is -2.19. The Morgan fingerprint density at radius 1 is 1.54 bits per heavy atom. The van der Waals surface area contributed by atoms with Crippen LogP contribution in [-0.2, 0) is 4.74 Å². The van der Waals surface area contributed by atoms with Gasteiger partial charge in [-0.3, -0.25) is 5.32 Å². The van der Waals surface area contributed by atoms with Gasteiger partial charge in [0, 0.05) is 6.08 Å². The van der Waals surface area contributed by atoms with Crippen LogP contribution in [0.15, 0.2) is 17.4 Å². The second-order valence-electron chi connectivity index (χ2n) is 3.54. The monoisotopic (exact) mass is 182 g/mol. The summed E-state index contributed by atoms with van der Waals surface area (Å²) in [5.74, 6) is 0.397. The van der Waals surface area contributed by atoms with Gasteiger partial charge in [-0.15, -0.1) is 5.10 Å². The van der Waals surface area contributed by atoms with Gasteiger partial charge in [-0.1, -0.05) is 0 Å². The predicted molar refractivity (Wildman–Crippen MR) is 48.1 cm³/mol. The number of amidine groups is 1. The van der Waals surface area contributed by atoms with Crippen molar-refractivity contribution >= 4 is 11.9 Å². The highest BCUT2D eigenvalue weighted by Crippen LogP contribution is 2.06. The molecule has 1 radical (unpaired) electrons. The van der Waals surface area contributed by atoms with Gasteiger partial charge in [-0.25, -0.2) is 4.79 Å². The molecule has 0 aliphatic carbocycles. The van der Waals surface area contributed by atoms with Gasteiger partial charge in [0.05, 0.1) is 6.20 Å². The van der Waals surface area contributed by atoms with Crippen LogP contribution in [0.2, 0.25) is 0 Å². The number of hydrogen-bond donors (Lipinski definition) is 1. The number of carbonyl (C=O) groups is 1. The average Bonchev–Trinajstić information content (AvgIpc) is 2.34. The van der Waals surface area contributed by atoms with Gasteiger partial charge < -0.3 is 4.74 Å². The van der Waals surface area contributed by atoms with E-state index >= 15 is 0 Å². The van der Waals surface area contributed by atoms with Crippen LogP contribution in [0.25, 0.3) is 0 Å².